The van der Waals surface area contributed by atoms with Gasteiger partial charge in [0.2, 0.25) is 0 Å². The van der Waals surface area contributed by atoms with Crippen molar-refractivity contribution in [1.29, 1.82) is 0 Å². The lowest BCUT2D eigenvalue weighted by atomic mass is 9.81. The monoisotopic (exact) mass is 259 g/mol. The van der Waals surface area contributed by atoms with Gasteiger partial charge < -0.3 is 0 Å². The van der Waals surface area contributed by atoms with Crippen LogP contribution in [-0.2, 0) is 11.0 Å². The van der Waals surface area contributed by atoms with Crippen molar-refractivity contribution in [2.75, 3.05) is 0 Å². The third kappa shape index (κ3) is 2.38. The highest BCUT2D eigenvalue weighted by Crippen LogP contribution is 2.32. The molecule has 0 fully saturated rings. The summed E-state index contributed by atoms with van der Waals surface area (Å²) in [5.74, 6) is 0. The van der Waals surface area contributed by atoms with Crippen molar-refractivity contribution < 1.29 is 0 Å². The Morgan fingerprint density at radius 3 is 2.26 bits per heavy atom. The SMILES string of the molecule is CCC(C)(C)c1cccc2nn(C(C)(C)CC)nc12. The minimum absolute atomic E-state index is 0.0351. The molecule has 104 valence electrons. The molecule has 0 radical (unpaired) electrons. The first-order valence-electron chi connectivity index (χ1n) is 7.19. The molecule has 3 nitrogen and oxygen atoms in total. The summed E-state index contributed by atoms with van der Waals surface area (Å²) in [6.07, 6.45) is 2.11. The molecular weight excluding hydrogens is 234 g/mol. The van der Waals surface area contributed by atoms with Crippen LogP contribution in [0.1, 0.15) is 59.9 Å². The zero-order chi connectivity index (χ0) is 14.3. The van der Waals surface area contributed by atoms with Gasteiger partial charge in [0.1, 0.15) is 11.0 Å². The van der Waals surface area contributed by atoms with Crippen LogP contribution >= 0.6 is 0 Å². The number of benzene rings is 1. The fourth-order valence-electron chi connectivity index (χ4n) is 2.08. The van der Waals surface area contributed by atoms with Gasteiger partial charge in [-0.05, 0) is 43.7 Å². The smallest absolute Gasteiger partial charge is 0.116 e. The van der Waals surface area contributed by atoms with E-state index < -0.39 is 0 Å². The first-order chi connectivity index (χ1) is 8.81. The van der Waals surface area contributed by atoms with E-state index in [0.717, 1.165) is 23.9 Å². The van der Waals surface area contributed by atoms with Crippen LogP contribution in [0.25, 0.3) is 11.0 Å². The summed E-state index contributed by atoms with van der Waals surface area (Å²) in [5.41, 5.74) is 3.45. The molecule has 0 unspecified atom stereocenters. The third-order valence-corrected chi connectivity index (χ3v) is 4.43. The largest absolute Gasteiger partial charge is 0.178 e. The van der Waals surface area contributed by atoms with Crippen LogP contribution in [0.4, 0.5) is 0 Å². The van der Waals surface area contributed by atoms with Crippen LogP contribution in [0.3, 0.4) is 0 Å². The average molecular weight is 259 g/mol. The third-order valence-electron chi connectivity index (χ3n) is 4.43. The van der Waals surface area contributed by atoms with Gasteiger partial charge in [0.25, 0.3) is 0 Å². The van der Waals surface area contributed by atoms with Gasteiger partial charge in [-0.25, -0.2) is 0 Å². The van der Waals surface area contributed by atoms with Gasteiger partial charge in [-0.2, -0.15) is 15.0 Å². The van der Waals surface area contributed by atoms with Gasteiger partial charge in [0, 0.05) is 0 Å². The van der Waals surface area contributed by atoms with E-state index in [2.05, 4.69) is 64.8 Å². The number of hydrogen-bond acceptors (Lipinski definition) is 2. The van der Waals surface area contributed by atoms with E-state index in [9.17, 15) is 0 Å². The van der Waals surface area contributed by atoms with Crippen LogP contribution in [-0.4, -0.2) is 15.0 Å². The lowest BCUT2D eigenvalue weighted by molar-refractivity contribution is 0.274. The second kappa shape index (κ2) is 4.62. The van der Waals surface area contributed by atoms with Crippen molar-refractivity contribution >= 4 is 11.0 Å². The number of hydrogen-bond donors (Lipinski definition) is 0. The van der Waals surface area contributed by atoms with Gasteiger partial charge in [0.15, 0.2) is 0 Å². The lowest BCUT2D eigenvalue weighted by Crippen LogP contribution is -2.27. The van der Waals surface area contributed by atoms with Crippen molar-refractivity contribution in [2.45, 2.75) is 65.3 Å². The second-order valence-corrected chi connectivity index (χ2v) is 6.57. The summed E-state index contributed by atoms with van der Waals surface area (Å²) in [4.78, 5) is 1.88. The van der Waals surface area contributed by atoms with Crippen molar-refractivity contribution in [1.82, 2.24) is 15.0 Å². The zero-order valence-electron chi connectivity index (χ0n) is 13.0. The van der Waals surface area contributed by atoms with E-state index in [0.29, 0.717) is 0 Å². The zero-order valence-corrected chi connectivity index (χ0v) is 13.0. The van der Waals surface area contributed by atoms with Gasteiger partial charge in [-0.3, -0.25) is 0 Å². The molecule has 0 aliphatic heterocycles. The molecule has 0 atom stereocenters. The Morgan fingerprint density at radius 2 is 1.68 bits per heavy atom. The summed E-state index contributed by atoms with van der Waals surface area (Å²) < 4.78 is 0. The lowest BCUT2D eigenvalue weighted by Gasteiger charge is -2.23. The Bertz CT molecular complexity index is 579. The highest BCUT2D eigenvalue weighted by atomic mass is 15.5. The maximum atomic E-state index is 4.77. The maximum absolute atomic E-state index is 4.77. The van der Waals surface area contributed by atoms with Crippen molar-refractivity contribution in [3.63, 3.8) is 0 Å². The van der Waals surface area contributed by atoms with E-state index in [1.54, 1.807) is 0 Å². The first kappa shape index (κ1) is 14.0. The quantitative estimate of drug-likeness (QED) is 0.821. The predicted molar refractivity (Wildman–Crippen MR) is 80.5 cm³/mol. The van der Waals surface area contributed by atoms with Crippen LogP contribution in [0.5, 0.6) is 0 Å². The second-order valence-electron chi connectivity index (χ2n) is 6.57. The fraction of sp³-hybridized carbons (Fsp3) is 0.625. The minimum Gasteiger partial charge on any atom is -0.178 e. The molecule has 0 spiro atoms. The summed E-state index contributed by atoms with van der Waals surface area (Å²) in [6, 6.07) is 6.33. The Morgan fingerprint density at radius 1 is 1.00 bits per heavy atom. The predicted octanol–water partition coefficient (Wildman–Crippen LogP) is 4.26. The van der Waals surface area contributed by atoms with Gasteiger partial charge in [0.05, 0.1) is 5.54 Å². The number of aromatic nitrogens is 3. The summed E-state index contributed by atoms with van der Waals surface area (Å²) >= 11 is 0. The Labute approximate surface area is 116 Å². The number of fused-ring (bicyclic) bond motifs is 1. The van der Waals surface area contributed by atoms with E-state index in [1.165, 1.54) is 5.56 Å². The highest BCUT2D eigenvalue weighted by molar-refractivity contribution is 5.78. The maximum Gasteiger partial charge on any atom is 0.116 e. The van der Waals surface area contributed by atoms with Crippen molar-refractivity contribution in [3.8, 4) is 0 Å². The summed E-state index contributed by atoms with van der Waals surface area (Å²) in [7, 11) is 0. The Kier molecular flexibility index (Phi) is 3.41. The molecule has 0 saturated carbocycles. The van der Waals surface area contributed by atoms with Crippen LogP contribution < -0.4 is 0 Å². The Balaban J connectivity index is 2.64. The van der Waals surface area contributed by atoms with Crippen molar-refractivity contribution in [2.24, 2.45) is 0 Å². The molecule has 2 aromatic rings. The van der Waals surface area contributed by atoms with Gasteiger partial charge >= 0.3 is 0 Å². The molecule has 0 N–H and O–H groups in total. The molecule has 0 amide bonds. The highest BCUT2D eigenvalue weighted by Gasteiger charge is 2.25. The molecular formula is C16H25N3. The standard InChI is InChI=1S/C16H25N3/c1-7-15(3,4)12-10-9-11-13-14(12)18-19(17-13)16(5,6)8-2/h9-11H,7-8H2,1-6H3. The number of nitrogens with zero attached hydrogens (tertiary/aromatic N) is 3. The normalized spacial score (nSPS) is 13.2. The van der Waals surface area contributed by atoms with E-state index in [1.807, 2.05) is 4.80 Å². The van der Waals surface area contributed by atoms with E-state index in [4.69, 9.17) is 5.10 Å². The van der Waals surface area contributed by atoms with Gasteiger partial charge in [-0.15, -0.1) is 0 Å². The molecule has 1 aromatic heterocycles. The molecule has 2 rings (SSSR count). The molecule has 0 aliphatic rings. The number of rotatable bonds is 4. The van der Waals surface area contributed by atoms with E-state index >= 15 is 0 Å². The van der Waals surface area contributed by atoms with Crippen LogP contribution in [0, 0.1) is 0 Å². The van der Waals surface area contributed by atoms with E-state index in [-0.39, 0.29) is 11.0 Å². The molecule has 1 heterocycles. The molecule has 19 heavy (non-hydrogen) atoms. The fourth-order valence-corrected chi connectivity index (χ4v) is 2.08. The molecule has 1 aromatic carbocycles. The van der Waals surface area contributed by atoms with Crippen molar-refractivity contribution in [3.05, 3.63) is 23.8 Å². The van der Waals surface area contributed by atoms with Gasteiger partial charge in [-0.1, -0.05) is 39.8 Å². The Hall–Kier alpha value is -1.38. The minimum atomic E-state index is -0.0351. The topological polar surface area (TPSA) is 30.7 Å². The first-order valence-corrected chi connectivity index (χ1v) is 7.19. The molecule has 0 aliphatic carbocycles. The average Bonchev–Trinajstić information content (AvgIpc) is 2.82. The molecule has 3 heteroatoms. The van der Waals surface area contributed by atoms with Crippen LogP contribution in [0.15, 0.2) is 18.2 Å². The van der Waals surface area contributed by atoms with Crippen LogP contribution in [0.2, 0.25) is 0 Å². The summed E-state index contributed by atoms with van der Waals surface area (Å²) in [6.45, 7) is 13.3. The molecule has 0 saturated heterocycles. The molecule has 0 bridgehead atoms. The summed E-state index contributed by atoms with van der Waals surface area (Å²) in [5, 5.41) is 9.44.